The molecular formula is C20H26O3. The summed E-state index contributed by atoms with van der Waals surface area (Å²) < 4.78 is 10.6. The van der Waals surface area contributed by atoms with Crippen molar-refractivity contribution in [2.75, 3.05) is 13.2 Å². The molecule has 0 radical (unpaired) electrons. The number of benzene rings is 1. The fourth-order valence-electron chi connectivity index (χ4n) is 5.72. The number of carbonyl (C=O) groups is 1. The summed E-state index contributed by atoms with van der Waals surface area (Å²) in [6.45, 7) is 2.21. The smallest absolute Gasteiger partial charge is 0.344 e. The minimum absolute atomic E-state index is 0.00182. The van der Waals surface area contributed by atoms with Crippen molar-refractivity contribution >= 4 is 5.97 Å². The van der Waals surface area contributed by atoms with E-state index in [0.29, 0.717) is 12.0 Å². The molecule has 3 nitrogen and oxygen atoms in total. The zero-order valence-electron chi connectivity index (χ0n) is 13.9. The minimum atomic E-state index is -0.298. The monoisotopic (exact) mass is 314 g/mol. The first kappa shape index (κ1) is 15.0. The quantitative estimate of drug-likeness (QED) is 0.768. The molecule has 4 bridgehead atoms. The number of esters is 1. The van der Waals surface area contributed by atoms with Crippen LogP contribution in [0, 0.1) is 17.8 Å². The Balaban J connectivity index is 1.51. The topological polar surface area (TPSA) is 35.5 Å². The molecule has 5 rings (SSSR count). The van der Waals surface area contributed by atoms with E-state index in [-0.39, 0.29) is 12.6 Å². The van der Waals surface area contributed by atoms with E-state index in [1.54, 1.807) is 0 Å². The molecule has 23 heavy (non-hydrogen) atoms. The molecule has 0 aliphatic heterocycles. The van der Waals surface area contributed by atoms with Crippen LogP contribution in [-0.4, -0.2) is 19.2 Å². The first-order chi connectivity index (χ1) is 11.2. The van der Waals surface area contributed by atoms with Crippen LogP contribution < -0.4 is 4.74 Å². The molecule has 124 valence electrons. The van der Waals surface area contributed by atoms with Crippen molar-refractivity contribution in [3.8, 4) is 5.75 Å². The summed E-state index contributed by atoms with van der Waals surface area (Å²) in [6.07, 6.45) is 8.41. The van der Waals surface area contributed by atoms with Crippen LogP contribution in [0.25, 0.3) is 0 Å². The zero-order valence-corrected chi connectivity index (χ0v) is 13.9. The first-order valence-corrected chi connectivity index (χ1v) is 9.06. The third kappa shape index (κ3) is 2.86. The summed E-state index contributed by atoms with van der Waals surface area (Å²) in [4.78, 5) is 11.5. The third-order valence-electron chi connectivity index (χ3n) is 6.15. The Hall–Kier alpha value is -1.51. The minimum Gasteiger partial charge on any atom is -0.482 e. The zero-order chi connectivity index (χ0) is 15.9. The summed E-state index contributed by atoms with van der Waals surface area (Å²) in [5, 5.41) is 0. The van der Waals surface area contributed by atoms with Gasteiger partial charge in [-0.05, 0) is 86.3 Å². The lowest BCUT2D eigenvalue weighted by Gasteiger charge is -2.57. The SMILES string of the molecule is CCOC(=O)COc1cccc(C23CC4CC(CC(C4)C2)C3)c1. The van der Waals surface area contributed by atoms with Gasteiger partial charge in [0.2, 0.25) is 0 Å². The largest absolute Gasteiger partial charge is 0.482 e. The molecular weight excluding hydrogens is 288 g/mol. The Kier molecular flexibility index (Phi) is 3.82. The molecule has 1 aromatic carbocycles. The maximum absolute atomic E-state index is 11.5. The van der Waals surface area contributed by atoms with Gasteiger partial charge >= 0.3 is 5.97 Å². The van der Waals surface area contributed by atoms with E-state index in [1.165, 1.54) is 44.1 Å². The molecule has 0 spiro atoms. The molecule has 0 amide bonds. The van der Waals surface area contributed by atoms with Gasteiger partial charge < -0.3 is 9.47 Å². The molecule has 4 aliphatic rings. The first-order valence-electron chi connectivity index (χ1n) is 9.06. The van der Waals surface area contributed by atoms with Gasteiger partial charge in [0, 0.05) is 0 Å². The Morgan fingerprint density at radius 1 is 1.13 bits per heavy atom. The molecule has 4 saturated carbocycles. The standard InChI is InChI=1S/C20H26O3/c1-2-22-19(21)13-23-18-5-3-4-17(9-18)20-10-14-6-15(11-20)8-16(7-14)12-20/h3-5,9,14-16H,2,6-8,10-13H2,1H3. The summed E-state index contributed by atoms with van der Waals surface area (Å²) in [5.74, 6) is 3.31. The van der Waals surface area contributed by atoms with Crippen LogP contribution in [-0.2, 0) is 14.9 Å². The molecule has 0 atom stereocenters. The predicted molar refractivity (Wildman–Crippen MR) is 88.4 cm³/mol. The van der Waals surface area contributed by atoms with E-state index in [1.807, 2.05) is 13.0 Å². The molecule has 1 aromatic rings. The molecule has 4 aliphatic carbocycles. The Morgan fingerprint density at radius 2 is 1.78 bits per heavy atom. The highest BCUT2D eigenvalue weighted by Crippen LogP contribution is 2.60. The van der Waals surface area contributed by atoms with Crippen molar-refractivity contribution in [2.45, 2.75) is 50.9 Å². The lowest BCUT2D eigenvalue weighted by molar-refractivity contribution is -0.145. The highest BCUT2D eigenvalue weighted by atomic mass is 16.6. The van der Waals surface area contributed by atoms with Gasteiger partial charge in [0.15, 0.2) is 6.61 Å². The highest BCUT2D eigenvalue weighted by molar-refractivity contribution is 5.71. The van der Waals surface area contributed by atoms with Crippen molar-refractivity contribution in [1.82, 2.24) is 0 Å². The Labute approximate surface area is 138 Å². The lowest BCUT2D eigenvalue weighted by Crippen LogP contribution is -2.48. The van der Waals surface area contributed by atoms with E-state index in [0.717, 1.165) is 23.5 Å². The molecule has 0 unspecified atom stereocenters. The molecule has 0 saturated heterocycles. The van der Waals surface area contributed by atoms with Crippen LogP contribution in [0.5, 0.6) is 5.75 Å². The van der Waals surface area contributed by atoms with Gasteiger partial charge in [-0.3, -0.25) is 0 Å². The van der Waals surface area contributed by atoms with Gasteiger partial charge in [0.1, 0.15) is 5.75 Å². The summed E-state index contributed by atoms with van der Waals surface area (Å²) in [7, 11) is 0. The van der Waals surface area contributed by atoms with Crippen molar-refractivity contribution in [1.29, 1.82) is 0 Å². The van der Waals surface area contributed by atoms with Crippen LogP contribution in [0.15, 0.2) is 24.3 Å². The molecule has 0 heterocycles. The summed E-state index contributed by atoms with van der Waals surface area (Å²) >= 11 is 0. The summed E-state index contributed by atoms with van der Waals surface area (Å²) in [6, 6.07) is 8.47. The Morgan fingerprint density at radius 3 is 2.39 bits per heavy atom. The van der Waals surface area contributed by atoms with Crippen molar-refractivity contribution in [2.24, 2.45) is 17.8 Å². The van der Waals surface area contributed by atoms with Crippen LogP contribution in [0.2, 0.25) is 0 Å². The number of hydrogen-bond acceptors (Lipinski definition) is 3. The average molecular weight is 314 g/mol. The van der Waals surface area contributed by atoms with Crippen LogP contribution in [0.4, 0.5) is 0 Å². The average Bonchev–Trinajstić information content (AvgIpc) is 2.52. The molecule has 0 aromatic heterocycles. The van der Waals surface area contributed by atoms with Gasteiger partial charge in [-0.1, -0.05) is 12.1 Å². The fourth-order valence-corrected chi connectivity index (χ4v) is 5.72. The molecule has 4 fully saturated rings. The van der Waals surface area contributed by atoms with Gasteiger partial charge in [0.25, 0.3) is 0 Å². The maximum atomic E-state index is 11.5. The van der Waals surface area contributed by atoms with E-state index in [4.69, 9.17) is 9.47 Å². The second-order valence-electron chi connectivity index (χ2n) is 7.82. The number of rotatable bonds is 5. The van der Waals surface area contributed by atoms with Crippen molar-refractivity contribution in [3.63, 3.8) is 0 Å². The Bertz CT molecular complexity index is 557. The van der Waals surface area contributed by atoms with Gasteiger partial charge in [-0.15, -0.1) is 0 Å². The van der Waals surface area contributed by atoms with Gasteiger partial charge in [-0.25, -0.2) is 4.79 Å². The van der Waals surface area contributed by atoms with E-state index in [9.17, 15) is 4.79 Å². The third-order valence-corrected chi connectivity index (χ3v) is 6.15. The summed E-state index contributed by atoms with van der Waals surface area (Å²) in [5.41, 5.74) is 1.80. The van der Waals surface area contributed by atoms with Gasteiger partial charge in [0.05, 0.1) is 6.61 Å². The van der Waals surface area contributed by atoms with Crippen LogP contribution in [0.3, 0.4) is 0 Å². The molecule has 3 heteroatoms. The van der Waals surface area contributed by atoms with Crippen LogP contribution >= 0.6 is 0 Å². The normalized spacial score (nSPS) is 34.4. The molecule has 0 N–H and O–H groups in total. The lowest BCUT2D eigenvalue weighted by atomic mass is 9.48. The van der Waals surface area contributed by atoms with E-state index >= 15 is 0 Å². The fraction of sp³-hybridized carbons (Fsp3) is 0.650. The second-order valence-corrected chi connectivity index (χ2v) is 7.82. The highest BCUT2D eigenvalue weighted by Gasteiger charge is 2.51. The number of carbonyl (C=O) groups excluding carboxylic acids is 1. The van der Waals surface area contributed by atoms with Gasteiger partial charge in [-0.2, -0.15) is 0 Å². The van der Waals surface area contributed by atoms with E-state index < -0.39 is 0 Å². The van der Waals surface area contributed by atoms with Crippen LogP contribution in [0.1, 0.15) is 51.0 Å². The second kappa shape index (κ2) is 5.85. The van der Waals surface area contributed by atoms with Crippen molar-refractivity contribution < 1.29 is 14.3 Å². The van der Waals surface area contributed by atoms with E-state index in [2.05, 4.69) is 18.2 Å². The maximum Gasteiger partial charge on any atom is 0.344 e. The predicted octanol–water partition coefficient (Wildman–Crippen LogP) is 4.10. The number of ether oxygens (including phenoxy) is 2. The van der Waals surface area contributed by atoms with Crippen molar-refractivity contribution in [3.05, 3.63) is 29.8 Å². The number of hydrogen-bond donors (Lipinski definition) is 0.